The van der Waals surface area contributed by atoms with Crippen LogP contribution in [-0.4, -0.2) is 69.9 Å². The lowest BCUT2D eigenvalue weighted by Crippen LogP contribution is -2.67. The van der Waals surface area contributed by atoms with E-state index in [1.165, 1.54) is 0 Å². The van der Waals surface area contributed by atoms with E-state index in [0.29, 0.717) is 38.8 Å². The summed E-state index contributed by atoms with van der Waals surface area (Å²) in [4.78, 5) is 12.8. The second-order valence-electron chi connectivity index (χ2n) is 13.8. The fourth-order valence-corrected chi connectivity index (χ4v) is 19.8. The molecular formula is C33H60O6SSi2. The third-order valence-electron chi connectivity index (χ3n) is 9.43. The maximum Gasteiger partial charge on any atom is 0.338 e. The molecule has 1 N–H and O–H groups in total. The molecule has 0 radical (unpaired) electrons. The highest BCUT2D eigenvalue weighted by atomic mass is 32.2. The van der Waals surface area contributed by atoms with Gasteiger partial charge in [0.1, 0.15) is 36.5 Å². The number of hydrogen-bond acceptors (Lipinski definition) is 7. The number of hydrogen-bond donors (Lipinski definition) is 1. The first kappa shape index (κ1) is 37.5. The van der Waals surface area contributed by atoms with E-state index in [-0.39, 0.29) is 12.0 Å². The molecule has 9 heteroatoms. The molecule has 1 aliphatic rings. The molecule has 0 aromatic heterocycles. The number of carbonyl (C=O) groups is 1. The Hall–Kier alpha value is -0.686. The van der Waals surface area contributed by atoms with Crippen LogP contribution >= 0.6 is 11.8 Å². The maximum atomic E-state index is 12.8. The van der Waals surface area contributed by atoms with E-state index in [2.05, 4.69) is 90.0 Å². The zero-order chi connectivity index (χ0) is 32.0. The van der Waals surface area contributed by atoms with E-state index < -0.39 is 47.0 Å². The Morgan fingerprint density at radius 3 is 1.62 bits per heavy atom. The number of aliphatic hydroxyl groups is 1. The number of rotatable bonds is 15. The minimum atomic E-state index is -2.43. The van der Waals surface area contributed by atoms with Gasteiger partial charge in [-0.25, -0.2) is 4.79 Å². The summed E-state index contributed by atoms with van der Waals surface area (Å²) in [6.07, 6.45) is -2.76. The summed E-state index contributed by atoms with van der Waals surface area (Å²) < 4.78 is 27.2. The van der Waals surface area contributed by atoms with Gasteiger partial charge in [-0.15, -0.1) is 11.8 Å². The molecule has 1 fully saturated rings. The molecule has 5 atom stereocenters. The Kier molecular flexibility index (Phi) is 14.3. The molecule has 0 saturated carbocycles. The molecular weight excluding hydrogens is 581 g/mol. The van der Waals surface area contributed by atoms with E-state index >= 15 is 0 Å². The van der Waals surface area contributed by atoms with Crippen molar-refractivity contribution in [2.24, 2.45) is 0 Å². The summed E-state index contributed by atoms with van der Waals surface area (Å²) in [5.74, 6) is 0.396. The fourth-order valence-electron chi connectivity index (χ4n) is 7.69. The van der Waals surface area contributed by atoms with Crippen LogP contribution in [0.5, 0.6) is 0 Å². The predicted octanol–water partition coefficient (Wildman–Crippen LogP) is 8.80. The molecule has 1 saturated heterocycles. The highest BCUT2D eigenvalue weighted by Gasteiger charge is 2.57. The Labute approximate surface area is 263 Å². The predicted molar refractivity (Wildman–Crippen MR) is 181 cm³/mol. The molecule has 0 spiro atoms. The molecule has 1 aromatic rings. The maximum absolute atomic E-state index is 12.8. The van der Waals surface area contributed by atoms with Crippen LogP contribution in [0, 0.1) is 0 Å². The lowest BCUT2D eigenvalue weighted by atomic mass is 10.0. The van der Waals surface area contributed by atoms with E-state index in [1.54, 1.807) is 23.9 Å². The topological polar surface area (TPSA) is 74.2 Å². The molecule has 242 valence electrons. The van der Waals surface area contributed by atoms with Crippen molar-refractivity contribution in [2.45, 2.75) is 153 Å². The van der Waals surface area contributed by atoms with Crippen LogP contribution in [0.4, 0.5) is 0 Å². The Morgan fingerprint density at radius 2 is 1.21 bits per heavy atom. The largest absolute Gasteiger partial charge is 0.459 e. The van der Waals surface area contributed by atoms with Gasteiger partial charge in [0, 0.05) is 0 Å². The molecule has 0 amide bonds. The van der Waals surface area contributed by atoms with Crippen molar-refractivity contribution in [1.82, 2.24) is 0 Å². The Morgan fingerprint density at radius 1 is 0.786 bits per heavy atom. The molecule has 42 heavy (non-hydrogen) atoms. The second-order valence-corrected chi connectivity index (χ2v) is 25.9. The molecule has 1 aromatic carbocycles. The van der Waals surface area contributed by atoms with Crippen molar-refractivity contribution in [2.75, 3.05) is 12.4 Å². The van der Waals surface area contributed by atoms with Crippen molar-refractivity contribution in [1.29, 1.82) is 0 Å². The summed E-state index contributed by atoms with van der Waals surface area (Å²) in [5, 5.41) is 12.1. The molecule has 6 nitrogen and oxygen atoms in total. The number of esters is 1. The number of carbonyl (C=O) groups excluding carboxylic acids is 1. The summed E-state index contributed by atoms with van der Waals surface area (Å²) in [6, 6.07) is 8.94. The highest BCUT2D eigenvalue weighted by Crippen LogP contribution is 2.49. The van der Waals surface area contributed by atoms with Crippen molar-refractivity contribution < 1.29 is 28.2 Å². The first-order valence-corrected chi connectivity index (χ1v) is 21.4. The van der Waals surface area contributed by atoms with Gasteiger partial charge >= 0.3 is 5.97 Å². The monoisotopic (exact) mass is 640 g/mol. The third-order valence-corrected chi connectivity index (χ3v) is 22.7. The average molecular weight is 641 g/mol. The van der Waals surface area contributed by atoms with Crippen molar-refractivity contribution >= 4 is 34.4 Å². The van der Waals surface area contributed by atoms with E-state index in [0.717, 1.165) is 5.75 Å². The zero-order valence-electron chi connectivity index (χ0n) is 28.5. The standard InChI is InChI=1S/C33H60O6SSi2/c1-14-40-33-31(39-42(24(8)9,25(10)11)26(12)13)30(38-41(21(2)3,22(4)5)23(6)7)29(34)28(37-33)20-36-32(35)27-18-16-15-17-19-27/h15-19,21-26,28-31,33-34H,14,20H2,1-13H3/t28-,29+,30+,31-,33+/m1/s1. The second kappa shape index (κ2) is 16.0. The number of benzene rings is 1. The molecule has 1 heterocycles. The van der Waals surface area contributed by atoms with Crippen LogP contribution in [0.3, 0.4) is 0 Å². The van der Waals surface area contributed by atoms with Crippen LogP contribution in [0.15, 0.2) is 30.3 Å². The molecule has 0 aliphatic carbocycles. The first-order valence-electron chi connectivity index (χ1n) is 16.1. The summed E-state index contributed by atoms with van der Waals surface area (Å²) in [5.41, 5.74) is 2.23. The van der Waals surface area contributed by atoms with Crippen LogP contribution in [0.1, 0.15) is 100 Å². The van der Waals surface area contributed by atoms with Crippen molar-refractivity contribution in [3.8, 4) is 0 Å². The molecule has 2 rings (SSSR count). The van der Waals surface area contributed by atoms with Gasteiger partial charge in [-0.2, -0.15) is 0 Å². The normalized spacial score (nSPS) is 24.0. The number of ether oxygens (including phenoxy) is 2. The van der Waals surface area contributed by atoms with E-state index in [1.807, 2.05) is 18.2 Å². The summed E-state index contributed by atoms with van der Waals surface area (Å²) in [6.45, 7) is 29.3. The SMILES string of the molecule is CCS[C@@H]1O[C@H](COC(=O)c2ccccc2)[C@H](O)[C@H](O[Si](C(C)C)(C(C)C)C(C)C)[C@H]1O[Si](C(C)C)(C(C)C)C(C)C. The first-order chi connectivity index (χ1) is 19.6. The van der Waals surface area contributed by atoms with Gasteiger partial charge in [-0.05, 0) is 51.1 Å². The van der Waals surface area contributed by atoms with Gasteiger partial charge in [-0.3, -0.25) is 0 Å². The Balaban J connectivity index is 2.62. The van der Waals surface area contributed by atoms with Crippen LogP contribution in [-0.2, 0) is 18.3 Å². The summed E-state index contributed by atoms with van der Waals surface area (Å²) in [7, 11) is -4.80. The minimum absolute atomic E-state index is 0.0526. The third kappa shape index (κ3) is 7.93. The molecule has 0 unspecified atom stereocenters. The van der Waals surface area contributed by atoms with Crippen molar-refractivity contribution in [3.05, 3.63) is 35.9 Å². The van der Waals surface area contributed by atoms with Crippen LogP contribution < -0.4 is 0 Å². The van der Waals surface area contributed by atoms with Crippen LogP contribution in [0.2, 0.25) is 33.2 Å². The fraction of sp³-hybridized carbons (Fsp3) is 0.788. The lowest BCUT2D eigenvalue weighted by molar-refractivity contribution is -0.198. The molecule has 0 bridgehead atoms. The van der Waals surface area contributed by atoms with Gasteiger partial charge in [0.05, 0.1) is 5.56 Å². The van der Waals surface area contributed by atoms with E-state index in [4.69, 9.17) is 18.3 Å². The number of aliphatic hydroxyl groups excluding tert-OH is 1. The number of thioether (sulfide) groups is 1. The van der Waals surface area contributed by atoms with E-state index in [9.17, 15) is 9.90 Å². The smallest absolute Gasteiger partial charge is 0.338 e. The zero-order valence-corrected chi connectivity index (χ0v) is 31.4. The quantitative estimate of drug-likeness (QED) is 0.152. The summed E-state index contributed by atoms with van der Waals surface area (Å²) >= 11 is 1.69. The minimum Gasteiger partial charge on any atom is -0.459 e. The average Bonchev–Trinajstić information content (AvgIpc) is 2.90. The van der Waals surface area contributed by atoms with Gasteiger partial charge in [-0.1, -0.05) is 108 Å². The van der Waals surface area contributed by atoms with Crippen LogP contribution in [0.25, 0.3) is 0 Å². The van der Waals surface area contributed by atoms with Gasteiger partial charge in [0.25, 0.3) is 0 Å². The van der Waals surface area contributed by atoms with Gasteiger partial charge < -0.3 is 23.4 Å². The Bertz CT molecular complexity index is 912. The lowest BCUT2D eigenvalue weighted by Gasteiger charge is -2.54. The molecule has 1 aliphatic heterocycles. The van der Waals surface area contributed by atoms with Gasteiger partial charge in [0.15, 0.2) is 0 Å². The highest BCUT2D eigenvalue weighted by molar-refractivity contribution is 7.99. The van der Waals surface area contributed by atoms with Gasteiger partial charge in [0.2, 0.25) is 16.6 Å². The van der Waals surface area contributed by atoms with Crippen molar-refractivity contribution in [3.63, 3.8) is 0 Å².